The number of aliphatic hydroxyl groups excluding tert-OH is 1. The zero-order valence-electron chi connectivity index (χ0n) is 59.3. The summed E-state index contributed by atoms with van der Waals surface area (Å²) in [5.41, 5.74) is 0. The zero-order valence-corrected chi connectivity index (χ0v) is 61.1. The Kier molecular flexibility index (Phi) is 61.5. The van der Waals surface area contributed by atoms with E-state index >= 15 is 0 Å². The van der Waals surface area contributed by atoms with Crippen molar-refractivity contribution in [2.45, 2.75) is 381 Å². The lowest BCUT2D eigenvalue weighted by Gasteiger charge is -2.21. The van der Waals surface area contributed by atoms with E-state index in [-0.39, 0.29) is 25.7 Å². The number of ether oxygens (including phenoxy) is 4. The Morgan fingerprint density at radius 3 is 0.835 bits per heavy atom. The molecule has 6 atom stereocenters. The standard InChI is InChI=1S/C72H140O17P2/c1-8-10-11-12-13-14-15-16-17-20-23-26-31-39-46-53-69(74)82-59-67(88-71(76)55-48-41-32-27-24-21-18-19-22-25-29-36-43-50-63(3)4)61-86-90(78,79)84-57-66(73)58-85-91(80,81)87-62-68(89-72(77)56-49-42-33-28-30-37-44-51-64(5)6)60-83-70(75)54-47-40-35-34-38-45-52-65(7)9-2/h63-68,73H,8-62H2,1-7H3,(H,78,79)(H,80,81)/t65?,66-,67-,68-/m1/s1. The van der Waals surface area contributed by atoms with Crippen molar-refractivity contribution in [1.82, 2.24) is 0 Å². The summed E-state index contributed by atoms with van der Waals surface area (Å²) in [6.45, 7) is 11.8. The van der Waals surface area contributed by atoms with Crippen LogP contribution in [0.5, 0.6) is 0 Å². The van der Waals surface area contributed by atoms with Gasteiger partial charge in [0.1, 0.15) is 19.3 Å². The average molecular weight is 1340 g/mol. The SMILES string of the molecule is CCCCCCCCCCCCCCCCCC(=O)OC[C@H](COP(=O)(O)OC[C@@H](O)COP(=O)(O)OC[C@@H](COC(=O)CCCCCCCCC(C)CC)OC(=O)CCCCCCCCCC(C)C)OC(=O)CCCCCCCCCCCCCCCC(C)C. The lowest BCUT2D eigenvalue weighted by Crippen LogP contribution is -2.30. The van der Waals surface area contributed by atoms with E-state index in [2.05, 4.69) is 48.5 Å². The fourth-order valence-corrected chi connectivity index (χ4v) is 12.4. The number of phosphoric ester groups is 2. The van der Waals surface area contributed by atoms with Gasteiger partial charge in [0.15, 0.2) is 12.2 Å². The van der Waals surface area contributed by atoms with Crippen LogP contribution in [0.1, 0.15) is 363 Å². The van der Waals surface area contributed by atoms with E-state index in [1.54, 1.807) is 0 Å². The van der Waals surface area contributed by atoms with Crippen molar-refractivity contribution in [1.29, 1.82) is 0 Å². The molecular formula is C72H140O17P2. The minimum Gasteiger partial charge on any atom is -0.462 e. The second-order valence-corrected chi connectivity index (χ2v) is 30.1. The molecule has 17 nitrogen and oxygen atoms in total. The van der Waals surface area contributed by atoms with E-state index in [1.807, 2.05) is 0 Å². The summed E-state index contributed by atoms with van der Waals surface area (Å²) in [5, 5.41) is 10.6. The van der Waals surface area contributed by atoms with E-state index in [0.29, 0.717) is 31.6 Å². The Hall–Kier alpha value is -1.94. The van der Waals surface area contributed by atoms with Crippen LogP contribution in [0, 0.1) is 17.8 Å². The van der Waals surface area contributed by atoms with E-state index in [1.165, 1.54) is 167 Å². The minimum absolute atomic E-state index is 0.102. The fraction of sp³-hybridized carbons (Fsp3) is 0.944. The first-order valence-corrected chi connectivity index (χ1v) is 40.4. The lowest BCUT2D eigenvalue weighted by atomic mass is 10.00. The van der Waals surface area contributed by atoms with Crippen LogP contribution in [0.2, 0.25) is 0 Å². The summed E-state index contributed by atoms with van der Waals surface area (Å²) in [7, 11) is -9.90. The highest BCUT2D eigenvalue weighted by Crippen LogP contribution is 2.45. The number of hydrogen-bond acceptors (Lipinski definition) is 15. The third-order valence-corrected chi connectivity index (χ3v) is 18.9. The van der Waals surface area contributed by atoms with Gasteiger partial charge in [0.25, 0.3) is 0 Å². The van der Waals surface area contributed by atoms with Crippen LogP contribution in [-0.2, 0) is 65.4 Å². The van der Waals surface area contributed by atoms with Crippen LogP contribution in [0.15, 0.2) is 0 Å². The van der Waals surface area contributed by atoms with Gasteiger partial charge < -0.3 is 33.8 Å². The molecule has 0 fully saturated rings. The van der Waals surface area contributed by atoms with E-state index in [4.69, 9.17) is 37.0 Å². The van der Waals surface area contributed by atoms with Crippen molar-refractivity contribution < 1.29 is 80.2 Å². The van der Waals surface area contributed by atoms with Crippen molar-refractivity contribution in [3.8, 4) is 0 Å². The number of carbonyl (C=O) groups is 4. The molecule has 0 saturated heterocycles. The molecule has 0 heterocycles. The molecule has 540 valence electrons. The summed E-state index contributed by atoms with van der Waals surface area (Å²) in [5.74, 6) is 0.0872. The third-order valence-electron chi connectivity index (χ3n) is 17.0. The lowest BCUT2D eigenvalue weighted by molar-refractivity contribution is -0.161. The van der Waals surface area contributed by atoms with Crippen molar-refractivity contribution in [3.05, 3.63) is 0 Å². The summed E-state index contributed by atoms with van der Waals surface area (Å²) in [4.78, 5) is 72.6. The van der Waals surface area contributed by atoms with Crippen LogP contribution in [0.4, 0.5) is 0 Å². The number of unbranched alkanes of at least 4 members (excludes halogenated alkanes) is 37. The predicted octanol–water partition coefficient (Wildman–Crippen LogP) is 20.6. The summed E-state index contributed by atoms with van der Waals surface area (Å²) < 4.78 is 68.3. The summed E-state index contributed by atoms with van der Waals surface area (Å²) in [6.07, 6.45) is 47.3. The monoisotopic (exact) mass is 1340 g/mol. The van der Waals surface area contributed by atoms with Gasteiger partial charge in [0, 0.05) is 25.7 Å². The van der Waals surface area contributed by atoms with Gasteiger partial charge in [-0.15, -0.1) is 0 Å². The molecule has 0 aliphatic heterocycles. The van der Waals surface area contributed by atoms with Gasteiger partial charge in [0.05, 0.1) is 26.4 Å². The molecule has 0 amide bonds. The molecule has 0 rings (SSSR count). The van der Waals surface area contributed by atoms with E-state index in [9.17, 15) is 43.2 Å². The highest BCUT2D eigenvalue weighted by molar-refractivity contribution is 7.47. The van der Waals surface area contributed by atoms with Crippen LogP contribution < -0.4 is 0 Å². The highest BCUT2D eigenvalue weighted by Gasteiger charge is 2.30. The number of phosphoric acid groups is 2. The minimum atomic E-state index is -4.95. The largest absolute Gasteiger partial charge is 0.472 e. The number of rotatable bonds is 70. The zero-order chi connectivity index (χ0) is 67.3. The molecule has 0 aliphatic rings. The smallest absolute Gasteiger partial charge is 0.462 e. The third kappa shape index (κ3) is 65.1. The van der Waals surface area contributed by atoms with Gasteiger partial charge in [-0.1, -0.05) is 312 Å². The maximum atomic E-state index is 13.0. The fourth-order valence-electron chi connectivity index (χ4n) is 10.9. The molecule has 3 N–H and O–H groups in total. The molecule has 0 aromatic heterocycles. The molecule has 19 heteroatoms. The van der Waals surface area contributed by atoms with Crippen molar-refractivity contribution >= 4 is 39.5 Å². The molecular weight excluding hydrogens is 1200 g/mol. The number of hydrogen-bond donors (Lipinski definition) is 3. The topological polar surface area (TPSA) is 237 Å². The predicted molar refractivity (Wildman–Crippen MR) is 368 cm³/mol. The van der Waals surface area contributed by atoms with Crippen molar-refractivity contribution in [2.24, 2.45) is 17.8 Å². The molecule has 0 spiro atoms. The molecule has 0 aliphatic carbocycles. The summed E-state index contributed by atoms with van der Waals surface area (Å²) in [6, 6.07) is 0. The molecule has 0 radical (unpaired) electrons. The van der Waals surface area contributed by atoms with Crippen LogP contribution in [0.25, 0.3) is 0 Å². The first kappa shape index (κ1) is 89.1. The van der Waals surface area contributed by atoms with Crippen LogP contribution >= 0.6 is 15.6 Å². The van der Waals surface area contributed by atoms with Gasteiger partial charge >= 0.3 is 39.5 Å². The van der Waals surface area contributed by atoms with Gasteiger partial charge in [-0.05, 0) is 43.4 Å². The Bertz CT molecular complexity index is 1790. The quantitative estimate of drug-likeness (QED) is 0.0222. The molecule has 3 unspecified atom stereocenters. The van der Waals surface area contributed by atoms with Crippen molar-refractivity contribution in [3.63, 3.8) is 0 Å². The van der Waals surface area contributed by atoms with Gasteiger partial charge in [-0.25, -0.2) is 9.13 Å². The molecule has 0 aromatic rings. The first-order valence-electron chi connectivity index (χ1n) is 37.4. The second-order valence-electron chi connectivity index (χ2n) is 27.2. The number of esters is 4. The molecule has 0 bridgehead atoms. The van der Waals surface area contributed by atoms with E-state index < -0.39 is 97.5 Å². The van der Waals surface area contributed by atoms with Crippen LogP contribution in [0.3, 0.4) is 0 Å². The summed E-state index contributed by atoms with van der Waals surface area (Å²) >= 11 is 0. The van der Waals surface area contributed by atoms with Gasteiger partial charge in [-0.2, -0.15) is 0 Å². The second kappa shape index (κ2) is 62.8. The Balaban J connectivity index is 5.24. The Morgan fingerprint density at radius 2 is 0.560 bits per heavy atom. The number of aliphatic hydroxyl groups is 1. The van der Waals surface area contributed by atoms with Gasteiger partial charge in [0.2, 0.25) is 0 Å². The van der Waals surface area contributed by atoms with Crippen LogP contribution in [-0.4, -0.2) is 96.7 Å². The average Bonchev–Trinajstić information content (AvgIpc) is 2.10. The maximum Gasteiger partial charge on any atom is 0.472 e. The first-order chi connectivity index (χ1) is 43.8. The van der Waals surface area contributed by atoms with E-state index in [0.717, 1.165) is 108 Å². The normalized spacial score (nSPS) is 14.5. The molecule has 0 saturated carbocycles. The maximum absolute atomic E-state index is 13.0. The number of carbonyl (C=O) groups excluding carboxylic acids is 4. The van der Waals surface area contributed by atoms with Gasteiger partial charge in [-0.3, -0.25) is 37.3 Å². The van der Waals surface area contributed by atoms with Crippen molar-refractivity contribution in [2.75, 3.05) is 39.6 Å². The molecule has 0 aromatic carbocycles. The molecule has 91 heavy (non-hydrogen) atoms. The Morgan fingerprint density at radius 1 is 0.319 bits per heavy atom. The highest BCUT2D eigenvalue weighted by atomic mass is 31.2. The Labute approximate surface area is 556 Å².